The summed E-state index contributed by atoms with van der Waals surface area (Å²) in [5.41, 5.74) is 1.94. The second-order valence-electron chi connectivity index (χ2n) is 4.79. The van der Waals surface area contributed by atoms with Crippen LogP contribution < -0.4 is 0 Å². The highest BCUT2D eigenvalue weighted by Gasteiger charge is 2.21. The Morgan fingerprint density at radius 2 is 1.70 bits per heavy atom. The van der Waals surface area contributed by atoms with Gasteiger partial charge < -0.3 is 5.11 Å². The average molecular weight is 289 g/mol. The first-order valence-corrected chi connectivity index (χ1v) is 7.07. The summed E-state index contributed by atoms with van der Waals surface area (Å²) in [7, 11) is 0. The van der Waals surface area contributed by atoms with Gasteiger partial charge in [-0.3, -0.25) is 4.79 Å². The number of aryl methyl sites for hydroxylation is 1. The summed E-state index contributed by atoms with van der Waals surface area (Å²) in [5.74, 6) is -1.35. The molecule has 0 bridgehead atoms. The molecule has 0 heterocycles. The van der Waals surface area contributed by atoms with E-state index >= 15 is 0 Å². The molecule has 0 fully saturated rings. The van der Waals surface area contributed by atoms with Crippen molar-refractivity contribution in [3.05, 3.63) is 70.7 Å². The fourth-order valence-electron chi connectivity index (χ4n) is 2.32. The lowest BCUT2D eigenvalue weighted by Crippen LogP contribution is -2.12. The SMILES string of the molecule is O=C(O)C(CCCc1ccccc1)c1ccccc1Cl. The molecule has 0 aliphatic rings. The van der Waals surface area contributed by atoms with E-state index in [1.807, 2.05) is 30.3 Å². The Kier molecular flexibility index (Phi) is 5.19. The zero-order chi connectivity index (χ0) is 14.4. The van der Waals surface area contributed by atoms with Gasteiger partial charge in [0.1, 0.15) is 0 Å². The molecule has 0 aromatic heterocycles. The van der Waals surface area contributed by atoms with Gasteiger partial charge >= 0.3 is 5.97 Å². The molecule has 104 valence electrons. The summed E-state index contributed by atoms with van der Waals surface area (Å²) in [5, 5.41) is 9.92. The molecule has 0 aliphatic carbocycles. The van der Waals surface area contributed by atoms with E-state index in [9.17, 15) is 9.90 Å². The third-order valence-electron chi connectivity index (χ3n) is 3.38. The van der Waals surface area contributed by atoms with Crippen molar-refractivity contribution in [2.45, 2.75) is 25.2 Å². The van der Waals surface area contributed by atoms with E-state index in [1.54, 1.807) is 12.1 Å². The number of aliphatic carboxylic acids is 1. The Bertz CT molecular complexity index is 566. The van der Waals surface area contributed by atoms with Crippen LogP contribution in [0.15, 0.2) is 54.6 Å². The number of carboxylic acids is 1. The van der Waals surface area contributed by atoms with Gasteiger partial charge in [-0.25, -0.2) is 0 Å². The monoisotopic (exact) mass is 288 g/mol. The van der Waals surface area contributed by atoms with E-state index in [0.717, 1.165) is 12.8 Å². The molecule has 0 spiro atoms. The van der Waals surface area contributed by atoms with Gasteiger partial charge in [0, 0.05) is 5.02 Å². The smallest absolute Gasteiger partial charge is 0.311 e. The number of carbonyl (C=O) groups is 1. The van der Waals surface area contributed by atoms with E-state index in [2.05, 4.69) is 12.1 Å². The molecular formula is C17H17ClO2. The zero-order valence-corrected chi connectivity index (χ0v) is 11.9. The number of rotatable bonds is 6. The first-order valence-electron chi connectivity index (χ1n) is 6.69. The first kappa shape index (κ1) is 14.6. The molecule has 2 aromatic rings. The van der Waals surface area contributed by atoms with E-state index in [0.29, 0.717) is 17.0 Å². The molecule has 0 aliphatic heterocycles. The average Bonchev–Trinajstić information content (AvgIpc) is 2.45. The number of hydrogen-bond acceptors (Lipinski definition) is 1. The lowest BCUT2D eigenvalue weighted by atomic mass is 9.92. The van der Waals surface area contributed by atoms with Gasteiger partial charge in [-0.2, -0.15) is 0 Å². The van der Waals surface area contributed by atoms with Crippen molar-refractivity contribution in [1.82, 2.24) is 0 Å². The van der Waals surface area contributed by atoms with Gasteiger partial charge in [0.25, 0.3) is 0 Å². The Morgan fingerprint density at radius 3 is 2.35 bits per heavy atom. The summed E-state index contributed by atoms with van der Waals surface area (Å²) >= 11 is 6.10. The van der Waals surface area contributed by atoms with Gasteiger partial charge in [0.15, 0.2) is 0 Å². The Balaban J connectivity index is 2.01. The van der Waals surface area contributed by atoms with Crippen LogP contribution >= 0.6 is 11.6 Å². The van der Waals surface area contributed by atoms with Crippen LogP contribution in [0.2, 0.25) is 5.02 Å². The topological polar surface area (TPSA) is 37.3 Å². The lowest BCUT2D eigenvalue weighted by molar-refractivity contribution is -0.139. The van der Waals surface area contributed by atoms with E-state index in [1.165, 1.54) is 5.56 Å². The van der Waals surface area contributed by atoms with Crippen molar-refractivity contribution < 1.29 is 9.90 Å². The van der Waals surface area contributed by atoms with Crippen molar-refractivity contribution >= 4 is 17.6 Å². The molecular weight excluding hydrogens is 272 g/mol. The molecule has 20 heavy (non-hydrogen) atoms. The van der Waals surface area contributed by atoms with Crippen LogP contribution in [0.5, 0.6) is 0 Å². The second-order valence-corrected chi connectivity index (χ2v) is 5.20. The normalized spacial score (nSPS) is 12.1. The summed E-state index contributed by atoms with van der Waals surface area (Å²) < 4.78 is 0. The molecule has 3 heteroatoms. The second kappa shape index (κ2) is 7.11. The van der Waals surface area contributed by atoms with Gasteiger partial charge in [-0.15, -0.1) is 0 Å². The van der Waals surface area contributed by atoms with Crippen LogP contribution in [-0.2, 0) is 11.2 Å². The first-order chi connectivity index (χ1) is 9.68. The molecule has 2 nitrogen and oxygen atoms in total. The quantitative estimate of drug-likeness (QED) is 0.848. The number of carboxylic acid groups (broad SMARTS) is 1. The summed E-state index contributed by atoms with van der Waals surface area (Å²) in [6.45, 7) is 0. The molecule has 1 N–H and O–H groups in total. The van der Waals surface area contributed by atoms with E-state index in [-0.39, 0.29) is 0 Å². The maximum absolute atomic E-state index is 11.4. The van der Waals surface area contributed by atoms with Crippen molar-refractivity contribution in [1.29, 1.82) is 0 Å². The Morgan fingerprint density at radius 1 is 1.05 bits per heavy atom. The van der Waals surface area contributed by atoms with Gasteiger partial charge in [-0.05, 0) is 36.5 Å². The van der Waals surface area contributed by atoms with Crippen LogP contribution in [0.1, 0.15) is 29.9 Å². The Hall–Kier alpha value is -1.80. The fraction of sp³-hybridized carbons (Fsp3) is 0.235. The highest BCUT2D eigenvalue weighted by atomic mass is 35.5. The molecule has 0 saturated heterocycles. The van der Waals surface area contributed by atoms with E-state index < -0.39 is 11.9 Å². The van der Waals surface area contributed by atoms with Gasteiger partial charge in [0.05, 0.1) is 5.92 Å². The van der Waals surface area contributed by atoms with Gasteiger partial charge in [0.2, 0.25) is 0 Å². The molecule has 2 rings (SSSR count). The minimum Gasteiger partial charge on any atom is -0.481 e. The van der Waals surface area contributed by atoms with Crippen LogP contribution in [0.25, 0.3) is 0 Å². The third-order valence-corrected chi connectivity index (χ3v) is 3.72. The standard InChI is InChI=1S/C17H17ClO2/c18-16-12-5-4-10-14(16)15(17(19)20)11-6-9-13-7-2-1-3-8-13/h1-5,7-8,10,12,15H,6,9,11H2,(H,19,20). The molecule has 1 atom stereocenters. The molecule has 0 saturated carbocycles. The Labute approximate surface area is 124 Å². The minimum absolute atomic E-state index is 0.527. The van der Waals surface area contributed by atoms with E-state index in [4.69, 9.17) is 11.6 Å². The summed E-state index contributed by atoms with van der Waals surface area (Å²) in [6, 6.07) is 17.3. The zero-order valence-electron chi connectivity index (χ0n) is 11.1. The number of hydrogen-bond donors (Lipinski definition) is 1. The number of halogens is 1. The molecule has 2 aromatic carbocycles. The highest BCUT2D eigenvalue weighted by Crippen LogP contribution is 2.28. The molecule has 1 unspecified atom stereocenters. The summed E-state index contributed by atoms with van der Waals surface area (Å²) in [6.07, 6.45) is 2.30. The van der Waals surface area contributed by atoms with Crippen molar-refractivity contribution in [2.24, 2.45) is 0 Å². The fourth-order valence-corrected chi connectivity index (χ4v) is 2.59. The van der Waals surface area contributed by atoms with Crippen molar-refractivity contribution in [2.75, 3.05) is 0 Å². The number of benzene rings is 2. The van der Waals surface area contributed by atoms with Crippen LogP contribution in [0.3, 0.4) is 0 Å². The van der Waals surface area contributed by atoms with Crippen molar-refractivity contribution in [3.63, 3.8) is 0 Å². The maximum atomic E-state index is 11.4. The minimum atomic E-state index is -0.814. The molecule has 0 radical (unpaired) electrons. The largest absolute Gasteiger partial charge is 0.481 e. The predicted octanol–water partition coefficient (Wildman–Crippen LogP) is 4.53. The predicted molar refractivity (Wildman–Crippen MR) is 81.2 cm³/mol. The van der Waals surface area contributed by atoms with Crippen LogP contribution in [-0.4, -0.2) is 11.1 Å². The third kappa shape index (κ3) is 3.84. The highest BCUT2D eigenvalue weighted by molar-refractivity contribution is 6.31. The van der Waals surface area contributed by atoms with Crippen LogP contribution in [0.4, 0.5) is 0 Å². The summed E-state index contributed by atoms with van der Waals surface area (Å²) in [4.78, 5) is 11.4. The van der Waals surface area contributed by atoms with Gasteiger partial charge in [-0.1, -0.05) is 60.1 Å². The lowest BCUT2D eigenvalue weighted by Gasteiger charge is -2.14. The van der Waals surface area contributed by atoms with Crippen LogP contribution in [0, 0.1) is 0 Å². The van der Waals surface area contributed by atoms with Crippen molar-refractivity contribution in [3.8, 4) is 0 Å². The maximum Gasteiger partial charge on any atom is 0.311 e. The molecule has 0 amide bonds.